The molecule has 0 aliphatic carbocycles. The van der Waals surface area contributed by atoms with Gasteiger partial charge < -0.3 is 9.47 Å². The Hall–Kier alpha value is -1.76. The van der Waals surface area contributed by atoms with Crippen molar-refractivity contribution in [2.45, 2.75) is 25.2 Å². The van der Waals surface area contributed by atoms with Crippen molar-refractivity contribution in [3.63, 3.8) is 0 Å². The number of aryl methyl sites for hydroxylation is 2. The molecule has 3 heterocycles. The van der Waals surface area contributed by atoms with Crippen molar-refractivity contribution in [1.29, 1.82) is 0 Å². The number of hydrogen-bond donors (Lipinski definition) is 0. The third-order valence-corrected chi connectivity index (χ3v) is 4.42. The van der Waals surface area contributed by atoms with Crippen molar-refractivity contribution >= 4 is 17.7 Å². The van der Waals surface area contributed by atoms with E-state index in [1.165, 1.54) is 11.8 Å². The second kappa shape index (κ2) is 5.32. The predicted molar refractivity (Wildman–Crippen MR) is 76.3 cm³/mol. The van der Waals surface area contributed by atoms with E-state index in [4.69, 9.17) is 0 Å². The molecular weight excluding hydrogens is 274 g/mol. The summed E-state index contributed by atoms with van der Waals surface area (Å²) in [6, 6.07) is 2.05. The van der Waals surface area contributed by atoms with Gasteiger partial charge in [0.25, 0.3) is 0 Å². The van der Waals surface area contributed by atoms with Crippen LogP contribution in [0, 0.1) is 6.92 Å². The largest absolute Gasteiger partial charge is 0.334 e. The highest BCUT2D eigenvalue weighted by Gasteiger charge is 2.21. The van der Waals surface area contributed by atoms with Crippen LogP contribution < -0.4 is 0 Å². The highest BCUT2D eigenvalue weighted by molar-refractivity contribution is 7.99. The zero-order valence-electron chi connectivity index (χ0n) is 11.6. The standard InChI is InChI=1S/C13H17N5OS/c1-10-7-11-8-17(5-6-18(11)15-10)12(19)9-20-13-14-3-4-16(13)2/h3-4,7H,5-6,8-9H2,1-2H3. The first-order valence-corrected chi connectivity index (χ1v) is 7.53. The van der Waals surface area contributed by atoms with E-state index < -0.39 is 0 Å². The zero-order chi connectivity index (χ0) is 14.1. The SMILES string of the molecule is Cc1cc2n(n1)CCN(C(=O)CSc1nccn1C)C2. The van der Waals surface area contributed by atoms with Crippen molar-refractivity contribution in [1.82, 2.24) is 24.2 Å². The lowest BCUT2D eigenvalue weighted by Gasteiger charge is -2.27. The lowest BCUT2D eigenvalue weighted by molar-refractivity contribution is -0.129. The Morgan fingerprint density at radius 3 is 3.05 bits per heavy atom. The van der Waals surface area contributed by atoms with Gasteiger partial charge in [-0.3, -0.25) is 9.48 Å². The van der Waals surface area contributed by atoms with Crippen molar-refractivity contribution in [2.75, 3.05) is 12.3 Å². The fourth-order valence-corrected chi connectivity index (χ4v) is 3.17. The van der Waals surface area contributed by atoms with Crippen LogP contribution in [0.1, 0.15) is 11.4 Å². The number of amides is 1. The van der Waals surface area contributed by atoms with Crippen LogP contribution in [-0.2, 0) is 24.9 Å². The summed E-state index contributed by atoms with van der Waals surface area (Å²) in [5.74, 6) is 0.584. The van der Waals surface area contributed by atoms with Crippen molar-refractivity contribution in [3.8, 4) is 0 Å². The molecule has 0 aromatic carbocycles. The highest BCUT2D eigenvalue weighted by atomic mass is 32.2. The van der Waals surface area contributed by atoms with Gasteiger partial charge in [0.1, 0.15) is 0 Å². The van der Waals surface area contributed by atoms with E-state index in [0.29, 0.717) is 12.3 Å². The van der Waals surface area contributed by atoms with E-state index in [1.807, 2.05) is 40.4 Å². The Morgan fingerprint density at radius 2 is 2.30 bits per heavy atom. The predicted octanol–water partition coefficient (Wildman–Crippen LogP) is 1.06. The molecule has 106 valence electrons. The van der Waals surface area contributed by atoms with Crippen molar-refractivity contribution < 1.29 is 4.79 Å². The Labute approximate surface area is 121 Å². The van der Waals surface area contributed by atoms with Crippen LogP contribution in [-0.4, -0.2) is 42.4 Å². The fourth-order valence-electron chi connectivity index (χ4n) is 2.33. The molecule has 20 heavy (non-hydrogen) atoms. The zero-order valence-corrected chi connectivity index (χ0v) is 12.4. The van der Waals surface area contributed by atoms with E-state index in [-0.39, 0.29) is 5.91 Å². The van der Waals surface area contributed by atoms with Gasteiger partial charge in [0.2, 0.25) is 5.91 Å². The molecule has 0 saturated heterocycles. The maximum Gasteiger partial charge on any atom is 0.233 e. The molecule has 7 heteroatoms. The van der Waals surface area contributed by atoms with Gasteiger partial charge in [0.15, 0.2) is 5.16 Å². The van der Waals surface area contributed by atoms with Gasteiger partial charge in [-0.05, 0) is 13.0 Å². The van der Waals surface area contributed by atoms with Gasteiger partial charge in [0, 0.05) is 26.0 Å². The van der Waals surface area contributed by atoms with E-state index in [2.05, 4.69) is 10.1 Å². The number of rotatable bonds is 3. The topological polar surface area (TPSA) is 56.0 Å². The normalized spacial score (nSPS) is 14.4. The highest BCUT2D eigenvalue weighted by Crippen LogP contribution is 2.18. The van der Waals surface area contributed by atoms with Crippen LogP contribution in [0.3, 0.4) is 0 Å². The summed E-state index contributed by atoms with van der Waals surface area (Å²) >= 11 is 1.48. The Morgan fingerprint density at radius 1 is 1.45 bits per heavy atom. The minimum absolute atomic E-state index is 0.156. The maximum absolute atomic E-state index is 12.3. The molecule has 0 N–H and O–H groups in total. The van der Waals surface area contributed by atoms with Crippen LogP contribution in [0.2, 0.25) is 0 Å². The summed E-state index contributed by atoms with van der Waals surface area (Å²) in [6.07, 6.45) is 3.63. The molecule has 6 nitrogen and oxygen atoms in total. The number of hydrogen-bond acceptors (Lipinski definition) is 4. The summed E-state index contributed by atoms with van der Waals surface area (Å²) in [6.45, 7) is 4.14. The van der Waals surface area contributed by atoms with Gasteiger partial charge in [-0.25, -0.2) is 4.98 Å². The minimum Gasteiger partial charge on any atom is -0.334 e. The minimum atomic E-state index is 0.156. The molecular formula is C13H17N5OS. The Bertz CT molecular complexity index is 632. The lowest BCUT2D eigenvalue weighted by Crippen LogP contribution is -2.39. The van der Waals surface area contributed by atoms with E-state index in [9.17, 15) is 4.79 Å². The average Bonchev–Trinajstić information content (AvgIpc) is 2.99. The van der Waals surface area contributed by atoms with Crippen LogP contribution in [0.15, 0.2) is 23.6 Å². The Kier molecular flexibility index (Phi) is 3.52. The second-order valence-corrected chi connectivity index (χ2v) is 5.87. The van der Waals surface area contributed by atoms with E-state index in [0.717, 1.165) is 29.6 Å². The van der Waals surface area contributed by atoms with Gasteiger partial charge >= 0.3 is 0 Å². The molecule has 1 amide bonds. The molecule has 2 aromatic heterocycles. The molecule has 1 aliphatic heterocycles. The number of carbonyl (C=O) groups excluding carboxylic acids is 1. The summed E-state index contributed by atoms with van der Waals surface area (Å²) in [4.78, 5) is 18.4. The number of carbonyl (C=O) groups is 1. The molecule has 0 spiro atoms. The first-order valence-electron chi connectivity index (χ1n) is 6.55. The number of fused-ring (bicyclic) bond motifs is 1. The van der Waals surface area contributed by atoms with Crippen LogP contribution in [0.4, 0.5) is 0 Å². The van der Waals surface area contributed by atoms with Crippen LogP contribution in [0.5, 0.6) is 0 Å². The Balaban J connectivity index is 1.60. The monoisotopic (exact) mass is 291 g/mol. The van der Waals surface area contributed by atoms with Crippen LogP contribution >= 0.6 is 11.8 Å². The molecule has 0 unspecified atom stereocenters. The molecule has 0 bridgehead atoms. The summed E-state index contributed by atoms with van der Waals surface area (Å²) in [5.41, 5.74) is 2.13. The first-order chi connectivity index (χ1) is 9.63. The lowest BCUT2D eigenvalue weighted by atomic mass is 10.3. The van der Waals surface area contributed by atoms with Crippen LogP contribution in [0.25, 0.3) is 0 Å². The molecule has 3 rings (SSSR count). The van der Waals surface area contributed by atoms with Crippen molar-refractivity contribution in [2.24, 2.45) is 7.05 Å². The summed E-state index contributed by atoms with van der Waals surface area (Å²) in [7, 11) is 1.93. The third-order valence-electron chi connectivity index (χ3n) is 3.37. The van der Waals surface area contributed by atoms with Gasteiger partial charge in [-0.1, -0.05) is 11.8 Å². The maximum atomic E-state index is 12.3. The van der Waals surface area contributed by atoms with Gasteiger partial charge in [0.05, 0.1) is 30.2 Å². The molecule has 0 saturated carbocycles. The van der Waals surface area contributed by atoms with Gasteiger partial charge in [-0.15, -0.1) is 0 Å². The quantitative estimate of drug-likeness (QED) is 0.794. The first kappa shape index (κ1) is 13.2. The van der Waals surface area contributed by atoms with E-state index >= 15 is 0 Å². The molecule has 2 aromatic rings. The molecule has 0 atom stereocenters. The van der Waals surface area contributed by atoms with Crippen molar-refractivity contribution in [3.05, 3.63) is 29.8 Å². The second-order valence-electron chi connectivity index (χ2n) is 4.92. The number of nitrogens with zero attached hydrogens (tertiary/aromatic N) is 5. The number of aromatic nitrogens is 4. The number of imidazole rings is 1. The van der Waals surface area contributed by atoms with E-state index in [1.54, 1.807) is 6.20 Å². The summed E-state index contributed by atoms with van der Waals surface area (Å²) < 4.78 is 3.91. The fraction of sp³-hybridized carbons (Fsp3) is 0.462. The third kappa shape index (κ3) is 2.58. The average molecular weight is 291 g/mol. The number of thioether (sulfide) groups is 1. The summed E-state index contributed by atoms with van der Waals surface area (Å²) in [5, 5.41) is 5.27. The molecule has 0 radical (unpaired) electrons. The molecule has 1 aliphatic rings. The molecule has 0 fully saturated rings. The van der Waals surface area contributed by atoms with Gasteiger partial charge in [-0.2, -0.15) is 5.10 Å². The smallest absolute Gasteiger partial charge is 0.233 e.